The summed E-state index contributed by atoms with van der Waals surface area (Å²) < 4.78 is 5.66. The Kier molecular flexibility index (Phi) is 7.36. The predicted octanol–water partition coefficient (Wildman–Crippen LogP) is 3.63. The van der Waals surface area contributed by atoms with Gasteiger partial charge in [-0.05, 0) is 50.0 Å². The SMILES string of the molecule is CCC1(CNC(=NC)NCC2(NC(C)c3ccccc3)CCOCC2)CCC1. The van der Waals surface area contributed by atoms with Crippen LogP contribution < -0.4 is 16.0 Å². The first-order valence-corrected chi connectivity index (χ1v) is 11.0. The van der Waals surface area contributed by atoms with Gasteiger partial charge in [-0.25, -0.2) is 0 Å². The fraction of sp³-hybridized carbons (Fsp3) is 0.696. The summed E-state index contributed by atoms with van der Waals surface area (Å²) >= 11 is 0. The Morgan fingerprint density at radius 3 is 2.32 bits per heavy atom. The maximum absolute atomic E-state index is 5.66. The van der Waals surface area contributed by atoms with Gasteiger partial charge >= 0.3 is 0 Å². The molecule has 1 saturated heterocycles. The Bertz CT molecular complexity index is 615. The summed E-state index contributed by atoms with van der Waals surface area (Å²) in [7, 11) is 1.87. The van der Waals surface area contributed by atoms with E-state index in [1.807, 2.05) is 7.05 Å². The van der Waals surface area contributed by atoms with Crippen LogP contribution in [0.25, 0.3) is 0 Å². The Labute approximate surface area is 170 Å². The molecule has 5 heteroatoms. The molecule has 0 spiro atoms. The van der Waals surface area contributed by atoms with E-state index in [1.165, 1.54) is 31.2 Å². The largest absolute Gasteiger partial charge is 0.381 e. The van der Waals surface area contributed by atoms with Crippen LogP contribution in [0.2, 0.25) is 0 Å². The molecule has 1 heterocycles. The van der Waals surface area contributed by atoms with Crippen molar-refractivity contribution in [1.29, 1.82) is 0 Å². The standard InChI is InChI=1S/C23H38N4O/c1-4-22(11-8-12-22)17-25-21(24-3)26-18-23(13-15-28-16-14-23)27-19(2)20-9-6-5-7-10-20/h5-7,9-10,19,27H,4,8,11-18H2,1-3H3,(H2,24,25,26). The molecule has 0 aromatic heterocycles. The minimum Gasteiger partial charge on any atom is -0.381 e. The van der Waals surface area contributed by atoms with E-state index in [0.717, 1.165) is 45.1 Å². The molecule has 1 unspecified atom stereocenters. The highest BCUT2D eigenvalue weighted by Gasteiger charge is 2.36. The highest BCUT2D eigenvalue weighted by molar-refractivity contribution is 5.79. The van der Waals surface area contributed by atoms with Crippen LogP contribution in [0.3, 0.4) is 0 Å². The van der Waals surface area contributed by atoms with Crippen LogP contribution in [0.15, 0.2) is 35.3 Å². The lowest BCUT2D eigenvalue weighted by atomic mass is 9.67. The second-order valence-electron chi connectivity index (χ2n) is 8.66. The molecular formula is C23H38N4O. The Morgan fingerprint density at radius 2 is 1.75 bits per heavy atom. The normalized spacial score (nSPS) is 22.2. The molecule has 0 radical (unpaired) electrons. The molecule has 1 aliphatic heterocycles. The Balaban J connectivity index is 1.58. The molecule has 2 fully saturated rings. The number of aliphatic imine (C=N–C) groups is 1. The number of benzene rings is 1. The van der Waals surface area contributed by atoms with Crippen LogP contribution in [0.5, 0.6) is 0 Å². The fourth-order valence-electron chi connectivity index (χ4n) is 4.50. The van der Waals surface area contributed by atoms with Gasteiger partial charge in [0, 0.05) is 44.9 Å². The zero-order valence-electron chi connectivity index (χ0n) is 17.9. The van der Waals surface area contributed by atoms with E-state index in [-0.39, 0.29) is 5.54 Å². The average molecular weight is 387 g/mol. The summed E-state index contributed by atoms with van der Waals surface area (Å²) in [5.74, 6) is 0.916. The molecule has 28 heavy (non-hydrogen) atoms. The summed E-state index contributed by atoms with van der Waals surface area (Å²) in [5.41, 5.74) is 1.82. The first-order valence-electron chi connectivity index (χ1n) is 11.0. The van der Waals surface area contributed by atoms with Crippen molar-refractivity contribution >= 4 is 5.96 Å². The van der Waals surface area contributed by atoms with Crippen LogP contribution in [0, 0.1) is 5.41 Å². The minimum atomic E-state index is 0.0179. The van der Waals surface area contributed by atoms with E-state index in [4.69, 9.17) is 4.74 Å². The highest BCUT2D eigenvalue weighted by atomic mass is 16.5. The molecular weight excluding hydrogens is 348 g/mol. The van der Waals surface area contributed by atoms with Gasteiger partial charge in [0.25, 0.3) is 0 Å². The summed E-state index contributed by atoms with van der Waals surface area (Å²) in [5, 5.41) is 11.1. The van der Waals surface area contributed by atoms with Crippen molar-refractivity contribution in [3.05, 3.63) is 35.9 Å². The number of ether oxygens (including phenoxy) is 1. The molecule has 3 N–H and O–H groups in total. The maximum Gasteiger partial charge on any atom is 0.191 e. The van der Waals surface area contributed by atoms with Gasteiger partial charge in [-0.3, -0.25) is 4.99 Å². The van der Waals surface area contributed by atoms with Gasteiger partial charge in [0.2, 0.25) is 0 Å². The van der Waals surface area contributed by atoms with Gasteiger partial charge < -0.3 is 20.7 Å². The number of hydrogen-bond donors (Lipinski definition) is 3. The Hall–Kier alpha value is -1.59. The molecule has 1 atom stereocenters. The highest BCUT2D eigenvalue weighted by Crippen LogP contribution is 2.43. The van der Waals surface area contributed by atoms with Crippen molar-refractivity contribution in [2.75, 3.05) is 33.4 Å². The lowest BCUT2D eigenvalue weighted by molar-refractivity contribution is 0.0354. The monoisotopic (exact) mass is 386 g/mol. The first kappa shape index (κ1) is 21.1. The molecule has 1 aromatic carbocycles. The third-order valence-electron chi connectivity index (χ3n) is 6.89. The summed E-state index contributed by atoms with van der Waals surface area (Å²) in [6, 6.07) is 11.0. The summed E-state index contributed by atoms with van der Waals surface area (Å²) in [6.07, 6.45) is 7.30. The molecule has 0 amide bonds. The second-order valence-corrected chi connectivity index (χ2v) is 8.66. The van der Waals surface area contributed by atoms with Gasteiger partial charge in [0.1, 0.15) is 0 Å². The van der Waals surface area contributed by atoms with Crippen molar-refractivity contribution in [3.63, 3.8) is 0 Å². The van der Waals surface area contributed by atoms with E-state index in [1.54, 1.807) is 0 Å². The van der Waals surface area contributed by atoms with Crippen molar-refractivity contribution in [1.82, 2.24) is 16.0 Å². The third kappa shape index (κ3) is 5.26. The number of nitrogens with one attached hydrogen (secondary N) is 3. The molecule has 1 saturated carbocycles. The number of guanidine groups is 1. The molecule has 156 valence electrons. The molecule has 0 bridgehead atoms. The van der Waals surface area contributed by atoms with Crippen molar-refractivity contribution in [2.45, 2.75) is 64.0 Å². The molecule has 3 rings (SSSR count). The molecule has 2 aliphatic rings. The third-order valence-corrected chi connectivity index (χ3v) is 6.89. The van der Waals surface area contributed by atoms with Crippen LogP contribution >= 0.6 is 0 Å². The number of nitrogens with zero attached hydrogens (tertiary/aromatic N) is 1. The molecule has 1 aliphatic carbocycles. The van der Waals surface area contributed by atoms with Crippen LogP contribution in [0.4, 0.5) is 0 Å². The van der Waals surface area contributed by atoms with E-state index in [0.29, 0.717) is 11.5 Å². The van der Waals surface area contributed by atoms with Gasteiger partial charge in [-0.2, -0.15) is 0 Å². The van der Waals surface area contributed by atoms with Gasteiger partial charge in [-0.1, -0.05) is 43.7 Å². The topological polar surface area (TPSA) is 57.7 Å². The fourth-order valence-corrected chi connectivity index (χ4v) is 4.50. The van der Waals surface area contributed by atoms with Gasteiger partial charge in [0.15, 0.2) is 5.96 Å². The van der Waals surface area contributed by atoms with E-state index in [9.17, 15) is 0 Å². The molecule has 5 nitrogen and oxygen atoms in total. The van der Waals surface area contributed by atoms with Crippen LogP contribution in [-0.4, -0.2) is 44.8 Å². The lowest BCUT2D eigenvalue weighted by Gasteiger charge is -2.42. The zero-order valence-corrected chi connectivity index (χ0v) is 17.9. The number of hydrogen-bond acceptors (Lipinski definition) is 3. The lowest BCUT2D eigenvalue weighted by Crippen LogP contribution is -2.58. The summed E-state index contributed by atoms with van der Waals surface area (Å²) in [4.78, 5) is 4.47. The van der Waals surface area contributed by atoms with E-state index >= 15 is 0 Å². The maximum atomic E-state index is 5.66. The van der Waals surface area contributed by atoms with Crippen LogP contribution in [-0.2, 0) is 4.74 Å². The van der Waals surface area contributed by atoms with Gasteiger partial charge in [0.05, 0.1) is 0 Å². The van der Waals surface area contributed by atoms with Crippen LogP contribution in [0.1, 0.15) is 64.0 Å². The average Bonchev–Trinajstić information content (AvgIpc) is 2.71. The van der Waals surface area contributed by atoms with Crippen molar-refractivity contribution in [2.24, 2.45) is 10.4 Å². The van der Waals surface area contributed by atoms with Crippen molar-refractivity contribution < 1.29 is 4.74 Å². The second kappa shape index (κ2) is 9.75. The first-order chi connectivity index (χ1) is 13.6. The minimum absolute atomic E-state index is 0.0179. The number of rotatable bonds is 8. The Morgan fingerprint density at radius 1 is 1.07 bits per heavy atom. The quantitative estimate of drug-likeness (QED) is 0.472. The molecule has 1 aromatic rings. The van der Waals surface area contributed by atoms with E-state index in [2.05, 4.69) is 65.1 Å². The van der Waals surface area contributed by atoms with Gasteiger partial charge in [-0.15, -0.1) is 0 Å². The smallest absolute Gasteiger partial charge is 0.191 e. The van der Waals surface area contributed by atoms with Crippen molar-refractivity contribution in [3.8, 4) is 0 Å². The summed E-state index contributed by atoms with van der Waals surface area (Å²) in [6.45, 7) is 8.05. The van der Waals surface area contributed by atoms with E-state index < -0.39 is 0 Å². The predicted molar refractivity (Wildman–Crippen MR) is 117 cm³/mol. The zero-order chi connectivity index (χ0) is 19.9.